The first-order valence-electron chi connectivity index (χ1n) is 6.00. The number of aliphatic hydroxyl groups is 1. The fraction of sp³-hybridized carbons (Fsp3) is 0.571. The second kappa shape index (κ2) is 6.03. The Morgan fingerprint density at radius 3 is 2.53 bits per heavy atom. The molecule has 1 aromatic rings. The normalized spacial score (nSPS) is 13.5. The molecule has 1 atom stereocenters. The van der Waals surface area contributed by atoms with Crippen LogP contribution in [-0.4, -0.2) is 29.9 Å². The summed E-state index contributed by atoms with van der Waals surface area (Å²) in [6.07, 6.45) is -0.492. The Kier molecular flexibility index (Phi) is 4.97. The Bertz CT molecular complexity index is 344. The number of aliphatic hydroxyl groups excluding tert-OH is 1. The zero-order valence-corrected chi connectivity index (χ0v) is 11.2. The number of para-hydroxylation sites is 1. The number of hydrogen-bond donors (Lipinski definition) is 2. The Labute approximate surface area is 104 Å². The van der Waals surface area contributed by atoms with Crippen molar-refractivity contribution < 1.29 is 9.84 Å². The number of benzene rings is 1. The molecule has 0 amide bonds. The highest BCUT2D eigenvalue weighted by Crippen LogP contribution is 2.16. The Hall–Kier alpha value is -1.06. The van der Waals surface area contributed by atoms with E-state index in [1.54, 1.807) is 0 Å². The summed E-state index contributed by atoms with van der Waals surface area (Å²) in [6.45, 7) is 9.06. The van der Waals surface area contributed by atoms with Gasteiger partial charge in [0.25, 0.3) is 0 Å². The molecule has 17 heavy (non-hydrogen) atoms. The molecular formula is C14H23NO2. The molecule has 0 unspecified atom stereocenters. The summed E-state index contributed by atoms with van der Waals surface area (Å²) in [6, 6.07) is 7.82. The van der Waals surface area contributed by atoms with Crippen LogP contribution in [0.4, 0.5) is 0 Å². The van der Waals surface area contributed by atoms with E-state index in [2.05, 4.69) is 26.1 Å². The van der Waals surface area contributed by atoms with Crippen LogP contribution in [0.1, 0.15) is 26.3 Å². The molecule has 0 aliphatic carbocycles. The number of hydrogen-bond acceptors (Lipinski definition) is 3. The van der Waals surface area contributed by atoms with Crippen LogP contribution in [0.15, 0.2) is 24.3 Å². The van der Waals surface area contributed by atoms with Crippen molar-refractivity contribution in [3.63, 3.8) is 0 Å². The third kappa shape index (κ3) is 5.71. The average Bonchev–Trinajstić information content (AvgIpc) is 2.24. The van der Waals surface area contributed by atoms with Gasteiger partial charge in [-0.25, -0.2) is 0 Å². The van der Waals surface area contributed by atoms with E-state index in [9.17, 15) is 5.11 Å². The van der Waals surface area contributed by atoms with Crippen molar-refractivity contribution in [2.75, 3.05) is 13.2 Å². The van der Waals surface area contributed by atoms with Gasteiger partial charge in [0.05, 0.1) is 0 Å². The van der Waals surface area contributed by atoms with Crippen molar-refractivity contribution in [1.29, 1.82) is 0 Å². The van der Waals surface area contributed by atoms with Crippen molar-refractivity contribution in [2.45, 2.75) is 39.3 Å². The second-order valence-electron chi connectivity index (χ2n) is 5.36. The molecule has 2 N–H and O–H groups in total. The van der Waals surface area contributed by atoms with Crippen molar-refractivity contribution >= 4 is 0 Å². The highest BCUT2D eigenvalue weighted by molar-refractivity contribution is 5.31. The van der Waals surface area contributed by atoms with Crippen molar-refractivity contribution in [1.82, 2.24) is 5.32 Å². The van der Waals surface area contributed by atoms with Crippen LogP contribution in [0.25, 0.3) is 0 Å². The van der Waals surface area contributed by atoms with Gasteiger partial charge in [0.2, 0.25) is 0 Å². The van der Waals surface area contributed by atoms with Crippen LogP contribution in [-0.2, 0) is 0 Å². The van der Waals surface area contributed by atoms with Gasteiger partial charge in [0.15, 0.2) is 0 Å². The first-order chi connectivity index (χ1) is 7.88. The lowest BCUT2D eigenvalue weighted by molar-refractivity contribution is 0.0997. The van der Waals surface area contributed by atoms with Crippen LogP contribution in [0.5, 0.6) is 5.75 Å². The number of nitrogens with one attached hydrogen (secondary N) is 1. The molecule has 0 heterocycles. The quantitative estimate of drug-likeness (QED) is 0.824. The summed E-state index contributed by atoms with van der Waals surface area (Å²) in [5.74, 6) is 0.835. The minimum Gasteiger partial charge on any atom is -0.491 e. The van der Waals surface area contributed by atoms with E-state index in [-0.39, 0.29) is 5.54 Å². The summed E-state index contributed by atoms with van der Waals surface area (Å²) >= 11 is 0. The van der Waals surface area contributed by atoms with E-state index in [1.165, 1.54) is 0 Å². The molecule has 0 saturated heterocycles. The molecular weight excluding hydrogens is 214 g/mol. The third-order valence-corrected chi connectivity index (χ3v) is 2.39. The SMILES string of the molecule is Cc1ccccc1OC[C@@H](O)CNC(C)(C)C. The highest BCUT2D eigenvalue weighted by Gasteiger charge is 2.12. The monoisotopic (exact) mass is 237 g/mol. The molecule has 0 radical (unpaired) electrons. The maximum Gasteiger partial charge on any atom is 0.122 e. The summed E-state index contributed by atoms with van der Waals surface area (Å²) in [5.41, 5.74) is 1.10. The van der Waals surface area contributed by atoms with E-state index in [0.717, 1.165) is 11.3 Å². The van der Waals surface area contributed by atoms with E-state index < -0.39 is 6.10 Å². The van der Waals surface area contributed by atoms with Crippen molar-refractivity contribution in [2.24, 2.45) is 0 Å². The van der Waals surface area contributed by atoms with Crippen molar-refractivity contribution in [3.05, 3.63) is 29.8 Å². The zero-order valence-electron chi connectivity index (χ0n) is 11.2. The summed E-state index contributed by atoms with van der Waals surface area (Å²) in [5, 5.41) is 13.0. The summed E-state index contributed by atoms with van der Waals surface area (Å²) < 4.78 is 5.57. The lowest BCUT2D eigenvalue weighted by Crippen LogP contribution is -2.42. The van der Waals surface area contributed by atoms with Crippen molar-refractivity contribution in [3.8, 4) is 5.75 Å². The lowest BCUT2D eigenvalue weighted by atomic mass is 10.1. The highest BCUT2D eigenvalue weighted by atomic mass is 16.5. The fourth-order valence-corrected chi connectivity index (χ4v) is 1.39. The largest absolute Gasteiger partial charge is 0.491 e. The molecule has 0 aliphatic rings. The molecule has 0 fully saturated rings. The smallest absolute Gasteiger partial charge is 0.122 e. The standard InChI is InChI=1S/C14H23NO2/c1-11-7-5-6-8-13(11)17-10-12(16)9-15-14(2,3)4/h5-8,12,15-16H,9-10H2,1-4H3/t12-/m0/s1. The third-order valence-electron chi connectivity index (χ3n) is 2.39. The number of aryl methyl sites for hydroxylation is 1. The van der Waals surface area contributed by atoms with Gasteiger partial charge in [-0.3, -0.25) is 0 Å². The maximum absolute atomic E-state index is 9.78. The van der Waals surface area contributed by atoms with E-state index in [4.69, 9.17) is 4.74 Å². The maximum atomic E-state index is 9.78. The molecule has 3 heteroatoms. The number of rotatable bonds is 5. The zero-order chi connectivity index (χ0) is 12.9. The van der Waals surface area contributed by atoms with E-state index >= 15 is 0 Å². The van der Waals surface area contributed by atoms with Gasteiger partial charge in [-0.05, 0) is 39.3 Å². The molecule has 1 rings (SSSR count). The van der Waals surface area contributed by atoms with Crippen LogP contribution < -0.4 is 10.1 Å². The fourth-order valence-electron chi connectivity index (χ4n) is 1.39. The molecule has 0 aromatic heterocycles. The first kappa shape index (κ1) is 14.0. The topological polar surface area (TPSA) is 41.5 Å². The van der Waals surface area contributed by atoms with Gasteiger partial charge in [0.1, 0.15) is 18.5 Å². The van der Waals surface area contributed by atoms with Crippen LogP contribution in [0, 0.1) is 6.92 Å². The minimum absolute atomic E-state index is 0.0175. The molecule has 96 valence electrons. The molecule has 0 aliphatic heterocycles. The Morgan fingerprint density at radius 1 is 1.29 bits per heavy atom. The van der Waals surface area contributed by atoms with Gasteiger partial charge in [0, 0.05) is 12.1 Å². The molecule has 3 nitrogen and oxygen atoms in total. The molecule has 0 spiro atoms. The van der Waals surface area contributed by atoms with E-state index in [1.807, 2.05) is 31.2 Å². The molecule has 1 aromatic carbocycles. The Balaban J connectivity index is 2.34. The molecule has 0 saturated carbocycles. The number of β-amino-alcohol motifs (C(OH)–C–C–N with tert-alkyl or cyclic N) is 1. The number of ether oxygens (including phenoxy) is 1. The van der Waals surface area contributed by atoms with E-state index in [0.29, 0.717) is 13.2 Å². The minimum atomic E-state index is -0.492. The van der Waals surface area contributed by atoms with Gasteiger partial charge < -0.3 is 15.2 Å². The van der Waals surface area contributed by atoms with Gasteiger partial charge in [-0.1, -0.05) is 18.2 Å². The average molecular weight is 237 g/mol. The Morgan fingerprint density at radius 2 is 1.94 bits per heavy atom. The van der Waals surface area contributed by atoms with Gasteiger partial charge in [-0.15, -0.1) is 0 Å². The van der Waals surface area contributed by atoms with Gasteiger partial charge >= 0.3 is 0 Å². The second-order valence-corrected chi connectivity index (χ2v) is 5.36. The lowest BCUT2D eigenvalue weighted by Gasteiger charge is -2.23. The summed E-state index contributed by atoms with van der Waals surface area (Å²) in [7, 11) is 0. The van der Waals surface area contributed by atoms with Crippen LogP contribution in [0.2, 0.25) is 0 Å². The predicted octanol–water partition coefficient (Wildman–Crippen LogP) is 2.12. The first-order valence-corrected chi connectivity index (χ1v) is 6.00. The predicted molar refractivity (Wildman–Crippen MR) is 70.4 cm³/mol. The molecule has 0 bridgehead atoms. The van der Waals surface area contributed by atoms with Crippen LogP contribution >= 0.6 is 0 Å². The summed E-state index contributed by atoms with van der Waals surface area (Å²) in [4.78, 5) is 0. The van der Waals surface area contributed by atoms with Gasteiger partial charge in [-0.2, -0.15) is 0 Å². The van der Waals surface area contributed by atoms with Crippen LogP contribution in [0.3, 0.4) is 0 Å².